The van der Waals surface area contributed by atoms with E-state index >= 15 is 0 Å². The van der Waals surface area contributed by atoms with E-state index in [-0.39, 0.29) is 5.41 Å². The summed E-state index contributed by atoms with van der Waals surface area (Å²) in [6.07, 6.45) is 13.2. The summed E-state index contributed by atoms with van der Waals surface area (Å²) >= 11 is 0. The summed E-state index contributed by atoms with van der Waals surface area (Å²) in [5.41, 5.74) is 2.56. The van der Waals surface area contributed by atoms with Gasteiger partial charge in [-0.2, -0.15) is 5.26 Å². The molecule has 0 fully saturated rings. The average Bonchev–Trinajstić information content (AvgIpc) is 2.24. The molecule has 0 saturated heterocycles. The van der Waals surface area contributed by atoms with Gasteiger partial charge in [-0.1, -0.05) is 44.6 Å². The number of nitriles is 1. The molecule has 1 rings (SSSR count). The molecule has 0 unspecified atom stereocenters. The van der Waals surface area contributed by atoms with Crippen molar-refractivity contribution in [1.29, 1.82) is 5.26 Å². The highest BCUT2D eigenvalue weighted by Gasteiger charge is 2.14. The van der Waals surface area contributed by atoms with Gasteiger partial charge in [-0.05, 0) is 36.7 Å². The van der Waals surface area contributed by atoms with E-state index in [0.29, 0.717) is 0 Å². The second kappa shape index (κ2) is 5.70. The van der Waals surface area contributed by atoms with Crippen molar-refractivity contribution in [2.75, 3.05) is 0 Å². The molecule has 0 aromatic heterocycles. The third-order valence-electron chi connectivity index (χ3n) is 2.89. The van der Waals surface area contributed by atoms with Crippen molar-refractivity contribution in [3.63, 3.8) is 0 Å². The lowest BCUT2D eigenvalue weighted by atomic mass is 9.85. The zero-order chi connectivity index (χ0) is 12.0. The van der Waals surface area contributed by atoms with Crippen molar-refractivity contribution >= 4 is 0 Å². The molecule has 1 nitrogen and oxygen atoms in total. The first-order chi connectivity index (χ1) is 7.54. The van der Waals surface area contributed by atoms with Gasteiger partial charge < -0.3 is 0 Å². The lowest BCUT2D eigenvalue weighted by Crippen LogP contribution is -2.07. The lowest BCUT2D eigenvalue weighted by Gasteiger charge is -2.19. The summed E-state index contributed by atoms with van der Waals surface area (Å²) < 4.78 is 0. The van der Waals surface area contributed by atoms with Crippen LogP contribution in [0.3, 0.4) is 0 Å². The maximum Gasteiger partial charge on any atom is 0.0915 e. The maximum absolute atomic E-state index is 8.76. The molecular weight excluding hydrogens is 194 g/mol. The molecule has 0 spiro atoms. The molecule has 1 aliphatic rings. The predicted molar refractivity (Wildman–Crippen MR) is 68.8 cm³/mol. The van der Waals surface area contributed by atoms with E-state index in [0.717, 1.165) is 5.57 Å². The molecule has 1 aliphatic carbocycles. The first-order valence-corrected chi connectivity index (χ1v) is 6.01. The Morgan fingerprint density at radius 1 is 1.38 bits per heavy atom. The maximum atomic E-state index is 8.76. The second-order valence-electron chi connectivity index (χ2n) is 5.34. The quantitative estimate of drug-likeness (QED) is 0.490. The fourth-order valence-electron chi connectivity index (χ4n) is 1.80. The van der Waals surface area contributed by atoms with Crippen LogP contribution in [0.2, 0.25) is 0 Å². The van der Waals surface area contributed by atoms with Crippen LogP contribution in [0.5, 0.6) is 0 Å². The largest absolute Gasteiger partial charge is 0.193 e. The van der Waals surface area contributed by atoms with E-state index < -0.39 is 0 Å². The molecule has 0 heterocycles. The molecule has 0 aromatic carbocycles. The van der Waals surface area contributed by atoms with Crippen molar-refractivity contribution < 1.29 is 0 Å². The number of hydrogen-bond donors (Lipinski definition) is 0. The number of rotatable bonds is 2. The van der Waals surface area contributed by atoms with Crippen molar-refractivity contribution in [3.8, 4) is 6.07 Å². The van der Waals surface area contributed by atoms with E-state index in [1.807, 2.05) is 0 Å². The van der Waals surface area contributed by atoms with Crippen LogP contribution in [0, 0.1) is 16.7 Å². The normalized spacial score (nSPS) is 18.4. The lowest BCUT2D eigenvalue weighted by molar-refractivity contribution is 0.517. The molecule has 0 aromatic rings. The number of nitrogens with zero attached hydrogens (tertiary/aromatic N) is 1. The standard InChI is InChI=1S/C15H21N/c1-15(2,3)14(11-12-16)10-9-13-7-5-4-6-8-13/h7,9-11H,4-6,8H2,1-3H3/b10-9+,14-11-. The van der Waals surface area contributed by atoms with E-state index in [9.17, 15) is 0 Å². The minimum absolute atomic E-state index is 0.0431. The van der Waals surface area contributed by atoms with Crippen LogP contribution in [0.1, 0.15) is 46.5 Å². The Balaban J connectivity index is 2.77. The van der Waals surface area contributed by atoms with Gasteiger partial charge >= 0.3 is 0 Å². The van der Waals surface area contributed by atoms with Crippen molar-refractivity contribution in [1.82, 2.24) is 0 Å². The zero-order valence-electron chi connectivity index (χ0n) is 10.6. The van der Waals surface area contributed by atoms with Crippen LogP contribution in [-0.4, -0.2) is 0 Å². The summed E-state index contributed by atoms with van der Waals surface area (Å²) in [5, 5.41) is 8.76. The van der Waals surface area contributed by atoms with E-state index in [4.69, 9.17) is 5.26 Å². The van der Waals surface area contributed by atoms with Crippen LogP contribution in [0.25, 0.3) is 0 Å². The Kier molecular flexibility index (Phi) is 4.55. The van der Waals surface area contributed by atoms with Crippen LogP contribution >= 0.6 is 0 Å². The Morgan fingerprint density at radius 3 is 2.62 bits per heavy atom. The minimum Gasteiger partial charge on any atom is -0.193 e. The summed E-state index contributed by atoms with van der Waals surface area (Å²) in [4.78, 5) is 0. The van der Waals surface area contributed by atoms with E-state index in [2.05, 4.69) is 45.1 Å². The third-order valence-corrected chi connectivity index (χ3v) is 2.89. The van der Waals surface area contributed by atoms with Crippen molar-refractivity contribution in [2.24, 2.45) is 5.41 Å². The molecule has 0 atom stereocenters. The molecule has 1 heteroatoms. The smallest absolute Gasteiger partial charge is 0.0915 e. The summed E-state index contributed by atoms with van der Waals surface area (Å²) in [6.45, 7) is 6.40. The fraction of sp³-hybridized carbons (Fsp3) is 0.533. The van der Waals surface area contributed by atoms with E-state index in [1.165, 1.54) is 31.3 Å². The predicted octanol–water partition coefficient (Wildman–Crippen LogP) is 4.54. The highest BCUT2D eigenvalue weighted by atomic mass is 14.2. The van der Waals surface area contributed by atoms with Crippen molar-refractivity contribution in [3.05, 3.63) is 35.5 Å². The van der Waals surface area contributed by atoms with Crippen molar-refractivity contribution in [2.45, 2.75) is 46.5 Å². The monoisotopic (exact) mass is 215 g/mol. The Morgan fingerprint density at radius 2 is 2.12 bits per heavy atom. The van der Waals surface area contributed by atoms with Crippen LogP contribution < -0.4 is 0 Å². The Labute approximate surface area is 99.2 Å². The highest BCUT2D eigenvalue weighted by molar-refractivity contribution is 5.34. The van der Waals surface area contributed by atoms with Gasteiger partial charge in [-0.3, -0.25) is 0 Å². The van der Waals surface area contributed by atoms with Gasteiger partial charge in [0.2, 0.25) is 0 Å². The summed E-state index contributed by atoms with van der Waals surface area (Å²) in [7, 11) is 0. The summed E-state index contributed by atoms with van der Waals surface area (Å²) in [6, 6.07) is 2.13. The molecule has 16 heavy (non-hydrogen) atoms. The third kappa shape index (κ3) is 4.06. The van der Waals surface area contributed by atoms with Gasteiger partial charge in [0.1, 0.15) is 0 Å². The topological polar surface area (TPSA) is 23.8 Å². The van der Waals surface area contributed by atoms with Gasteiger partial charge in [-0.25, -0.2) is 0 Å². The Hall–Kier alpha value is -1.29. The first-order valence-electron chi connectivity index (χ1n) is 6.01. The second-order valence-corrected chi connectivity index (χ2v) is 5.34. The van der Waals surface area contributed by atoms with Crippen LogP contribution in [0.15, 0.2) is 35.5 Å². The van der Waals surface area contributed by atoms with Crippen LogP contribution in [-0.2, 0) is 0 Å². The average molecular weight is 215 g/mol. The molecule has 0 aliphatic heterocycles. The zero-order valence-corrected chi connectivity index (χ0v) is 10.6. The molecular formula is C15H21N. The van der Waals surface area contributed by atoms with Gasteiger partial charge in [0.25, 0.3) is 0 Å². The SMILES string of the molecule is CC(C)(C)C(=C\C#N)/C=C/C1=CCCCC1. The molecule has 0 radical (unpaired) electrons. The highest BCUT2D eigenvalue weighted by Crippen LogP contribution is 2.27. The minimum atomic E-state index is 0.0431. The molecule has 0 saturated carbocycles. The van der Waals surface area contributed by atoms with Gasteiger partial charge in [0, 0.05) is 6.08 Å². The number of hydrogen-bond acceptors (Lipinski definition) is 1. The van der Waals surface area contributed by atoms with E-state index in [1.54, 1.807) is 6.08 Å². The van der Waals surface area contributed by atoms with Gasteiger partial charge in [-0.15, -0.1) is 0 Å². The number of allylic oxidation sites excluding steroid dienone is 6. The first kappa shape index (κ1) is 12.8. The molecule has 0 bridgehead atoms. The molecule has 0 N–H and O–H groups in total. The van der Waals surface area contributed by atoms with Crippen LogP contribution in [0.4, 0.5) is 0 Å². The summed E-state index contributed by atoms with van der Waals surface area (Å²) in [5.74, 6) is 0. The van der Waals surface area contributed by atoms with Gasteiger partial charge in [0.15, 0.2) is 0 Å². The Bertz CT molecular complexity index is 356. The molecule has 86 valence electrons. The fourth-order valence-corrected chi connectivity index (χ4v) is 1.80. The van der Waals surface area contributed by atoms with Gasteiger partial charge in [0.05, 0.1) is 6.07 Å². The molecule has 0 amide bonds.